The molecule has 3 aromatic rings. The number of carbonyl (C=O) groups is 1. The molecule has 0 spiro atoms. The molecule has 0 atom stereocenters. The molecule has 0 aliphatic carbocycles. The minimum absolute atomic E-state index is 0.00736. The van der Waals surface area contributed by atoms with Gasteiger partial charge in [0.25, 0.3) is 5.91 Å². The number of nitrogens with one attached hydrogen (secondary N) is 1. The fourth-order valence-corrected chi connectivity index (χ4v) is 2.29. The molecule has 8 heteroatoms. The Labute approximate surface area is 153 Å². The van der Waals surface area contributed by atoms with E-state index in [-0.39, 0.29) is 17.3 Å². The highest BCUT2D eigenvalue weighted by Gasteiger charge is 2.14. The molecular formula is C18H13ClFN3O3. The van der Waals surface area contributed by atoms with Crippen LogP contribution in [0.3, 0.4) is 0 Å². The predicted molar refractivity (Wildman–Crippen MR) is 94.5 cm³/mol. The van der Waals surface area contributed by atoms with Crippen molar-refractivity contribution >= 4 is 23.2 Å². The van der Waals surface area contributed by atoms with Crippen molar-refractivity contribution in [3.63, 3.8) is 0 Å². The van der Waals surface area contributed by atoms with Crippen LogP contribution >= 0.6 is 11.6 Å². The van der Waals surface area contributed by atoms with Crippen LogP contribution in [0.15, 0.2) is 54.9 Å². The smallest absolute Gasteiger partial charge is 0.322 e. The minimum atomic E-state index is -0.526. The number of halogens is 2. The van der Waals surface area contributed by atoms with Crippen molar-refractivity contribution in [3.05, 3.63) is 71.3 Å². The topological polar surface area (TPSA) is 73.3 Å². The number of nitrogens with zero attached hydrogens (tertiary/aromatic N) is 2. The number of benzene rings is 2. The average molecular weight is 374 g/mol. The highest BCUT2D eigenvalue weighted by atomic mass is 35.5. The summed E-state index contributed by atoms with van der Waals surface area (Å²) < 4.78 is 24.0. The van der Waals surface area contributed by atoms with E-state index in [1.807, 2.05) is 0 Å². The maximum atomic E-state index is 13.6. The first-order valence-corrected chi connectivity index (χ1v) is 7.84. The van der Waals surface area contributed by atoms with Crippen molar-refractivity contribution in [2.45, 2.75) is 0 Å². The minimum Gasteiger partial charge on any atom is -0.496 e. The van der Waals surface area contributed by atoms with Gasteiger partial charge >= 0.3 is 6.01 Å². The molecular weight excluding hydrogens is 361 g/mol. The zero-order valence-electron chi connectivity index (χ0n) is 13.6. The Morgan fingerprint density at radius 2 is 1.85 bits per heavy atom. The van der Waals surface area contributed by atoms with Crippen LogP contribution in [0, 0.1) is 5.82 Å². The fourth-order valence-electron chi connectivity index (χ4n) is 2.12. The van der Waals surface area contributed by atoms with Gasteiger partial charge in [-0.05, 0) is 30.3 Å². The maximum Gasteiger partial charge on any atom is 0.322 e. The van der Waals surface area contributed by atoms with Gasteiger partial charge in [-0.15, -0.1) is 0 Å². The van der Waals surface area contributed by atoms with Gasteiger partial charge in [-0.1, -0.05) is 23.7 Å². The average Bonchev–Trinajstić information content (AvgIpc) is 2.65. The van der Waals surface area contributed by atoms with Gasteiger partial charge in [0.15, 0.2) is 11.6 Å². The summed E-state index contributed by atoms with van der Waals surface area (Å²) in [5.74, 6) is -0.572. The summed E-state index contributed by atoms with van der Waals surface area (Å²) in [5, 5.41) is 3.03. The lowest BCUT2D eigenvalue weighted by molar-refractivity contribution is 0.102. The zero-order valence-corrected chi connectivity index (χ0v) is 14.3. The molecule has 0 aliphatic heterocycles. The Balaban J connectivity index is 1.72. The van der Waals surface area contributed by atoms with Gasteiger partial charge in [-0.2, -0.15) is 0 Å². The molecule has 1 aromatic heterocycles. The highest BCUT2D eigenvalue weighted by molar-refractivity contribution is 6.31. The number of aromatic nitrogens is 2. The van der Waals surface area contributed by atoms with E-state index in [4.69, 9.17) is 21.1 Å². The van der Waals surface area contributed by atoms with Crippen LogP contribution < -0.4 is 14.8 Å². The Morgan fingerprint density at radius 1 is 1.12 bits per heavy atom. The van der Waals surface area contributed by atoms with E-state index in [1.54, 1.807) is 24.3 Å². The number of hydrogen-bond acceptors (Lipinski definition) is 5. The third-order valence-corrected chi connectivity index (χ3v) is 3.57. The summed E-state index contributed by atoms with van der Waals surface area (Å²) in [5.41, 5.74) is 0.601. The van der Waals surface area contributed by atoms with Crippen molar-refractivity contribution in [3.8, 4) is 17.5 Å². The lowest BCUT2D eigenvalue weighted by Crippen LogP contribution is -2.13. The molecule has 132 valence electrons. The second-order valence-electron chi connectivity index (χ2n) is 5.09. The van der Waals surface area contributed by atoms with E-state index >= 15 is 0 Å². The second-order valence-corrected chi connectivity index (χ2v) is 5.52. The van der Waals surface area contributed by atoms with Crippen LogP contribution in [-0.2, 0) is 0 Å². The van der Waals surface area contributed by atoms with E-state index < -0.39 is 11.7 Å². The van der Waals surface area contributed by atoms with Gasteiger partial charge in [-0.25, -0.2) is 14.4 Å². The number of rotatable bonds is 5. The predicted octanol–water partition coefficient (Wildman–Crippen LogP) is 4.32. The van der Waals surface area contributed by atoms with E-state index in [2.05, 4.69) is 15.3 Å². The number of amides is 1. The fraction of sp³-hybridized carbons (Fsp3) is 0.0556. The number of anilines is 1. The van der Waals surface area contributed by atoms with Crippen LogP contribution in [0.4, 0.5) is 10.1 Å². The summed E-state index contributed by atoms with van der Waals surface area (Å²) in [6.45, 7) is 0. The maximum absolute atomic E-state index is 13.6. The molecule has 26 heavy (non-hydrogen) atoms. The van der Waals surface area contributed by atoms with E-state index in [0.29, 0.717) is 16.5 Å². The summed E-state index contributed by atoms with van der Waals surface area (Å²) in [6, 6.07) is 10.6. The normalized spacial score (nSPS) is 10.3. The SMILES string of the molecule is COc1ccc(Cl)cc1C(=O)Nc1cnc(Oc2ccccc2F)nc1. The van der Waals surface area contributed by atoms with E-state index in [1.165, 1.54) is 37.7 Å². The molecule has 0 saturated carbocycles. The summed E-state index contributed by atoms with van der Waals surface area (Å²) in [6.07, 6.45) is 2.69. The number of hydrogen-bond donors (Lipinski definition) is 1. The van der Waals surface area contributed by atoms with Gasteiger partial charge in [0.1, 0.15) is 5.75 Å². The first kappa shape index (κ1) is 17.6. The van der Waals surface area contributed by atoms with Crippen LogP contribution in [0.1, 0.15) is 10.4 Å². The van der Waals surface area contributed by atoms with Crippen molar-refractivity contribution in [2.24, 2.45) is 0 Å². The number of para-hydroxylation sites is 1. The summed E-state index contributed by atoms with van der Waals surface area (Å²) in [7, 11) is 1.46. The molecule has 1 heterocycles. The van der Waals surface area contributed by atoms with Crippen molar-refractivity contribution in [1.29, 1.82) is 0 Å². The van der Waals surface area contributed by atoms with Crippen LogP contribution in [-0.4, -0.2) is 23.0 Å². The molecule has 1 N–H and O–H groups in total. The third kappa shape index (κ3) is 4.07. The first-order valence-electron chi connectivity index (χ1n) is 7.46. The van der Waals surface area contributed by atoms with Gasteiger partial charge in [0, 0.05) is 5.02 Å². The van der Waals surface area contributed by atoms with Gasteiger partial charge in [0.2, 0.25) is 0 Å². The largest absolute Gasteiger partial charge is 0.496 e. The molecule has 0 bridgehead atoms. The molecule has 0 saturated heterocycles. The Bertz CT molecular complexity index is 935. The highest BCUT2D eigenvalue weighted by Crippen LogP contribution is 2.24. The van der Waals surface area contributed by atoms with Crippen molar-refractivity contribution in [1.82, 2.24) is 9.97 Å². The lowest BCUT2D eigenvalue weighted by Gasteiger charge is -2.10. The van der Waals surface area contributed by atoms with Gasteiger partial charge < -0.3 is 14.8 Å². The van der Waals surface area contributed by atoms with Gasteiger partial charge in [0.05, 0.1) is 30.8 Å². The zero-order chi connectivity index (χ0) is 18.5. The third-order valence-electron chi connectivity index (χ3n) is 3.33. The Hall–Kier alpha value is -3.19. The summed E-state index contributed by atoms with van der Waals surface area (Å²) >= 11 is 5.92. The van der Waals surface area contributed by atoms with E-state index in [9.17, 15) is 9.18 Å². The lowest BCUT2D eigenvalue weighted by atomic mass is 10.2. The molecule has 3 rings (SSSR count). The number of carbonyl (C=O) groups excluding carboxylic acids is 1. The van der Waals surface area contributed by atoms with Crippen LogP contribution in [0.2, 0.25) is 5.02 Å². The Kier molecular flexibility index (Phi) is 5.28. The molecule has 0 radical (unpaired) electrons. The van der Waals surface area contributed by atoms with Crippen LogP contribution in [0.5, 0.6) is 17.5 Å². The quantitative estimate of drug-likeness (QED) is 0.720. The van der Waals surface area contributed by atoms with Crippen LogP contribution in [0.25, 0.3) is 0 Å². The molecule has 1 amide bonds. The molecule has 6 nitrogen and oxygen atoms in total. The Morgan fingerprint density at radius 3 is 2.54 bits per heavy atom. The molecule has 2 aromatic carbocycles. The molecule has 0 unspecified atom stereocenters. The van der Waals surface area contributed by atoms with Crippen molar-refractivity contribution < 1.29 is 18.7 Å². The molecule has 0 fully saturated rings. The number of ether oxygens (including phenoxy) is 2. The summed E-state index contributed by atoms with van der Waals surface area (Å²) in [4.78, 5) is 20.3. The monoisotopic (exact) mass is 373 g/mol. The van der Waals surface area contributed by atoms with Crippen molar-refractivity contribution in [2.75, 3.05) is 12.4 Å². The van der Waals surface area contributed by atoms with E-state index in [0.717, 1.165) is 0 Å². The number of methoxy groups -OCH3 is 1. The molecule has 0 aliphatic rings. The standard InChI is InChI=1S/C18H13ClFN3O3/c1-25-15-7-6-11(19)8-13(15)17(24)23-12-9-21-18(22-10-12)26-16-5-3-2-4-14(16)20/h2-10H,1H3,(H,23,24). The first-order chi connectivity index (χ1) is 12.6. The second kappa shape index (κ2) is 7.79. The van der Waals surface area contributed by atoms with Gasteiger partial charge in [-0.3, -0.25) is 4.79 Å².